The topological polar surface area (TPSA) is 46.9 Å². The van der Waals surface area contributed by atoms with Gasteiger partial charge in [0.2, 0.25) is 5.91 Å². The molecule has 2 aromatic rings. The molecule has 0 saturated carbocycles. The molecule has 1 unspecified atom stereocenters. The molecule has 6 heteroatoms. The molecule has 0 bridgehead atoms. The van der Waals surface area contributed by atoms with E-state index in [0.717, 1.165) is 18.6 Å². The minimum absolute atomic E-state index is 0.0336. The molecule has 102 valence electrons. The maximum atomic E-state index is 13.2. The van der Waals surface area contributed by atoms with Gasteiger partial charge in [0.25, 0.3) is 0 Å². The van der Waals surface area contributed by atoms with Gasteiger partial charge in [-0.25, -0.2) is 13.8 Å². The van der Waals surface area contributed by atoms with Crippen LogP contribution in [0.15, 0.2) is 18.5 Å². The minimum Gasteiger partial charge on any atom is -0.352 e. The first-order valence-corrected chi connectivity index (χ1v) is 6.10. The summed E-state index contributed by atoms with van der Waals surface area (Å²) in [4.78, 5) is 15.7. The molecular formula is C13H15F2N3O. The molecule has 0 fully saturated rings. The summed E-state index contributed by atoms with van der Waals surface area (Å²) in [5, 5.41) is 2.80. The number of fused-ring (bicyclic) bond motifs is 1. The molecule has 0 aliphatic carbocycles. The quantitative estimate of drug-likeness (QED) is 0.923. The Labute approximate surface area is 109 Å². The number of amides is 1. The number of aromatic nitrogens is 2. The molecule has 1 N–H and O–H groups in total. The third-order valence-corrected chi connectivity index (χ3v) is 3.00. The first kappa shape index (κ1) is 13.5. The number of hydrogen-bond acceptors (Lipinski definition) is 2. The zero-order chi connectivity index (χ0) is 14.0. The number of rotatable bonds is 4. The summed E-state index contributed by atoms with van der Waals surface area (Å²) in [6.07, 6.45) is 2.23. The molecule has 0 spiro atoms. The number of carbonyl (C=O) groups excluding carboxylic acids is 1. The van der Waals surface area contributed by atoms with Crippen LogP contribution in [0.4, 0.5) is 8.78 Å². The Morgan fingerprint density at radius 1 is 1.42 bits per heavy atom. The van der Waals surface area contributed by atoms with E-state index in [0.29, 0.717) is 11.0 Å². The molecule has 1 atom stereocenters. The van der Waals surface area contributed by atoms with Crippen LogP contribution in [0.25, 0.3) is 11.0 Å². The van der Waals surface area contributed by atoms with Gasteiger partial charge in [-0.15, -0.1) is 0 Å². The maximum absolute atomic E-state index is 13.2. The van der Waals surface area contributed by atoms with Gasteiger partial charge in [-0.1, -0.05) is 6.92 Å². The van der Waals surface area contributed by atoms with Crippen molar-refractivity contribution < 1.29 is 13.6 Å². The van der Waals surface area contributed by atoms with Gasteiger partial charge in [-0.05, 0) is 13.3 Å². The molecule has 0 aliphatic rings. The van der Waals surface area contributed by atoms with E-state index in [1.807, 2.05) is 13.8 Å². The van der Waals surface area contributed by atoms with Crippen molar-refractivity contribution in [2.45, 2.75) is 32.9 Å². The first-order chi connectivity index (χ1) is 9.01. The predicted molar refractivity (Wildman–Crippen MR) is 67.5 cm³/mol. The van der Waals surface area contributed by atoms with E-state index in [1.54, 1.807) is 0 Å². The van der Waals surface area contributed by atoms with Gasteiger partial charge in [0, 0.05) is 18.2 Å². The molecule has 19 heavy (non-hydrogen) atoms. The lowest BCUT2D eigenvalue weighted by molar-refractivity contribution is -0.122. The Hall–Kier alpha value is -1.98. The molecule has 4 nitrogen and oxygen atoms in total. The Morgan fingerprint density at radius 2 is 2.11 bits per heavy atom. The van der Waals surface area contributed by atoms with E-state index in [1.165, 1.54) is 10.9 Å². The molecule has 1 heterocycles. The second kappa shape index (κ2) is 5.34. The summed E-state index contributed by atoms with van der Waals surface area (Å²) < 4.78 is 27.7. The summed E-state index contributed by atoms with van der Waals surface area (Å²) in [6.45, 7) is 3.90. The lowest BCUT2D eigenvalue weighted by Gasteiger charge is -2.11. The highest BCUT2D eigenvalue weighted by Crippen LogP contribution is 2.17. The van der Waals surface area contributed by atoms with Crippen LogP contribution in [0.1, 0.15) is 20.3 Å². The molecule has 0 saturated heterocycles. The fourth-order valence-electron chi connectivity index (χ4n) is 1.76. The number of imidazole rings is 1. The van der Waals surface area contributed by atoms with Crippen molar-refractivity contribution in [2.75, 3.05) is 0 Å². The van der Waals surface area contributed by atoms with Crippen molar-refractivity contribution in [3.05, 3.63) is 30.1 Å². The van der Waals surface area contributed by atoms with Crippen LogP contribution < -0.4 is 5.32 Å². The zero-order valence-corrected chi connectivity index (χ0v) is 10.8. The van der Waals surface area contributed by atoms with Crippen molar-refractivity contribution in [2.24, 2.45) is 0 Å². The second-order valence-corrected chi connectivity index (χ2v) is 4.50. The smallest absolute Gasteiger partial charge is 0.240 e. The highest BCUT2D eigenvalue weighted by Gasteiger charge is 2.12. The molecule has 2 rings (SSSR count). The molecule has 1 amide bonds. The SMILES string of the molecule is CCC(C)NC(=O)Cn1cnc2cc(F)c(F)cc21. The number of nitrogens with zero attached hydrogens (tertiary/aromatic N) is 2. The first-order valence-electron chi connectivity index (χ1n) is 6.10. The third-order valence-electron chi connectivity index (χ3n) is 3.00. The normalized spacial score (nSPS) is 12.6. The molecule has 0 radical (unpaired) electrons. The summed E-state index contributed by atoms with van der Waals surface area (Å²) in [7, 11) is 0. The van der Waals surface area contributed by atoms with Crippen LogP contribution in [0, 0.1) is 11.6 Å². The third kappa shape index (κ3) is 2.89. The van der Waals surface area contributed by atoms with Gasteiger partial charge >= 0.3 is 0 Å². The van der Waals surface area contributed by atoms with E-state index in [4.69, 9.17) is 0 Å². The van der Waals surface area contributed by atoms with Crippen molar-refractivity contribution in [1.29, 1.82) is 0 Å². The van der Waals surface area contributed by atoms with Gasteiger partial charge in [0.15, 0.2) is 11.6 Å². The maximum Gasteiger partial charge on any atom is 0.240 e. The van der Waals surface area contributed by atoms with Crippen LogP contribution in [0.2, 0.25) is 0 Å². The molecule has 0 aliphatic heterocycles. The monoisotopic (exact) mass is 267 g/mol. The Balaban J connectivity index is 2.22. The lowest BCUT2D eigenvalue weighted by atomic mass is 10.2. The standard InChI is InChI=1S/C13H15F2N3O/c1-3-8(2)17-13(19)6-18-7-16-11-4-9(14)10(15)5-12(11)18/h4-5,7-8H,3,6H2,1-2H3,(H,17,19). The summed E-state index contributed by atoms with van der Waals surface area (Å²) in [6, 6.07) is 2.15. The van der Waals surface area contributed by atoms with Crippen molar-refractivity contribution in [3.8, 4) is 0 Å². The van der Waals surface area contributed by atoms with Crippen molar-refractivity contribution >= 4 is 16.9 Å². The molecular weight excluding hydrogens is 252 g/mol. The van der Waals surface area contributed by atoms with Gasteiger partial charge in [-0.2, -0.15) is 0 Å². The number of hydrogen-bond donors (Lipinski definition) is 1. The average molecular weight is 267 g/mol. The summed E-state index contributed by atoms with van der Waals surface area (Å²) in [5.74, 6) is -2.07. The highest BCUT2D eigenvalue weighted by atomic mass is 19.2. The zero-order valence-electron chi connectivity index (χ0n) is 10.8. The number of carbonyl (C=O) groups is 1. The van der Waals surface area contributed by atoms with Crippen LogP contribution in [-0.4, -0.2) is 21.5 Å². The Morgan fingerprint density at radius 3 is 2.79 bits per heavy atom. The number of halogens is 2. The van der Waals surface area contributed by atoms with Gasteiger partial charge in [0.05, 0.1) is 17.4 Å². The fourth-order valence-corrected chi connectivity index (χ4v) is 1.76. The Kier molecular flexibility index (Phi) is 3.78. The van der Waals surface area contributed by atoms with Crippen molar-refractivity contribution in [1.82, 2.24) is 14.9 Å². The largest absolute Gasteiger partial charge is 0.352 e. The van der Waals surface area contributed by atoms with Crippen molar-refractivity contribution in [3.63, 3.8) is 0 Å². The lowest BCUT2D eigenvalue weighted by Crippen LogP contribution is -2.34. The summed E-state index contributed by atoms with van der Waals surface area (Å²) >= 11 is 0. The van der Waals surface area contributed by atoms with Crippen LogP contribution in [-0.2, 0) is 11.3 Å². The van der Waals surface area contributed by atoms with Gasteiger partial charge < -0.3 is 9.88 Å². The van der Waals surface area contributed by atoms with Gasteiger partial charge in [0.1, 0.15) is 6.54 Å². The van der Waals surface area contributed by atoms with E-state index in [9.17, 15) is 13.6 Å². The predicted octanol–water partition coefficient (Wildman–Crippen LogP) is 2.23. The Bertz CT molecular complexity index is 609. The van der Waals surface area contributed by atoms with Crippen LogP contribution in [0.3, 0.4) is 0 Å². The second-order valence-electron chi connectivity index (χ2n) is 4.50. The van der Waals surface area contributed by atoms with E-state index >= 15 is 0 Å². The van der Waals surface area contributed by atoms with Crippen LogP contribution >= 0.6 is 0 Å². The summed E-state index contributed by atoms with van der Waals surface area (Å²) in [5.41, 5.74) is 0.730. The minimum atomic E-state index is -0.948. The highest BCUT2D eigenvalue weighted by molar-refractivity contribution is 5.80. The van der Waals surface area contributed by atoms with E-state index < -0.39 is 11.6 Å². The number of nitrogens with one attached hydrogen (secondary N) is 1. The van der Waals surface area contributed by atoms with Crippen LogP contribution in [0.5, 0.6) is 0 Å². The average Bonchev–Trinajstić information content (AvgIpc) is 2.72. The number of benzene rings is 1. The van der Waals surface area contributed by atoms with E-state index in [2.05, 4.69) is 10.3 Å². The van der Waals surface area contributed by atoms with Gasteiger partial charge in [-0.3, -0.25) is 4.79 Å². The molecule has 1 aromatic heterocycles. The fraction of sp³-hybridized carbons (Fsp3) is 0.385. The van der Waals surface area contributed by atoms with E-state index in [-0.39, 0.29) is 18.5 Å². The molecule has 1 aromatic carbocycles.